The SMILES string of the molecule is Cc1cccc(C)c1NC(=O)c1ccc(COc2c(Cl)cc(Cl)cc2Cl)o1. The molecule has 0 aliphatic carbocycles. The molecule has 3 rings (SSSR count). The first kappa shape index (κ1) is 19.6. The summed E-state index contributed by atoms with van der Waals surface area (Å²) in [4.78, 5) is 12.4. The molecule has 2 aromatic carbocycles. The molecular weight excluding hydrogens is 409 g/mol. The molecule has 27 heavy (non-hydrogen) atoms. The standard InChI is InChI=1S/C20H16Cl3NO3/c1-11-4-3-5-12(2)18(11)24-20(25)17-7-6-14(27-17)10-26-19-15(22)8-13(21)9-16(19)23/h3-9H,10H2,1-2H3,(H,24,25). The van der Waals surface area contributed by atoms with E-state index in [1.165, 1.54) is 12.1 Å². The van der Waals surface area contributed by atoms with Crippen molar-refractivity contribution < 1.29 is 13.9 Å². The van der Waals surface area contributed by atoms with E-state index < -0.39 is 0 Å². The van der Waals surface area contributed by atoms with E-state index >= 15 is 0 Å². The molecule has 1 aromatic heterocycles. The quantitative estimate of drug-likeness (QED) is 0.496. The summed E-state index contributed by atoms with van der Waals surface area (Å²) in [6.45, 7) is 3.94. The molecule has 3 aromatic rings. The van der Waals surface area contributed by atoms with Crippen LogP contribution in [0.25, 0.3) is 0 Å². The van der Waals surface area contributed by atoms with Gasteiger partial charge in [-0.2, -0.15) is 0 Å². The molecule has 0 saturated carbocycles. The van der Waals surface area contributed by atoms with Crippen LogP contribution >= 0.6 is 34.8 Å². The lowest BCUT2D eigenvalue weighted by molar-refractivity contribution is 0.0992. The predicted molar refractivity (Wildman–Crippen MR) is 108 cm³/mol. The van der Waals surface area contributed by atoms with Crippen molar-refractivity contribution in [1.82, 2.24) is 0 Å². The fraction of sp³-hybridized carbons (Fsp3) is 0.150. The van der Waals surface area contributed by atoms with Crippen LogP contribution in [0.3, 0.4) is 0 Å². The first-order valence-corrected chi connectivity index (χ1v) is 9.22. The molecule has 4 nitrogen and oxygen atoms in total. The Morgan fingerprint density at radius 3 is 2.30 bits per heavy atom. The largest absolute Gasteiger partial charge is 0.483 e. The number of hydrogen-bond acceptors (Lipinski definition) is 3. The summed E-state index contributed by atoms with van der Waals surface area (Å²) in [5.74, 6) is 0.621. The zero-order valence-corrected chi connectivity index (χ0v) is 16.9. The van der Waals surface area contributed by atoms with Crippen molar-refractivity contribution in [3.63, 3.8) is 0 Å². The number of anilines is 1. The van der Waals surface area contributed by atoms with Gasteiger partial charge in [0.05, 0.1) is 10.0 Å². The first-order chi connectivity index (χ1) is 12.8. The number of hydrogen-bond donors (Lipinski definition) is 1. The molecular formula is C20H16Cl3NO3. The Balaban J connectivity index is 1.69. The minimum absolute atomic E-state index is 0.0672. The second kappa shape index (κ2) is 8.26. The van der Waals surface area contributed by atoms with E-state index in [-0.39, 0.29) is 18.3 Å². The topological polar surface area (TPSA) is 51.5 Å². The highest BCUT2D eigenvalue weighted by Gasteiger charge is 2.15. The van der Waals surface area contributed by atoms with Crippen LogP contribution in [0.15, 0.2) is 46.9 Å². The fourth-order valence-corrected chi connectivity index (χ4v) is 3.50. The van der Waals surface area contributed by atoms with E-state index in [0.29, 0.717) is 26.6 Å². The number of benzene rings is 2. The summed E-state index contributed by atoms with van der Waals surface area (Å²) in [6, 6.07) is 12.1. The number of nitrogens with one attached hydrogen (secondary N) is 1. The van der Waals surface area contributed by atoms with Gasteiger partial charge in [-0.05, 0) is 49.2 Å². The lowest BCUT2D eigenvalue weighted by Crippen LogP contribution is -2.13. The van der Waals surface area contributed by atoms with Crippen molar-refractivity contribution in [3.05, 3.63) is 80.2 Å². The van der Waals surface area contributed by atoms with Crippen LogP contribution in [0.4, 0.5) is 5.69 Å². The van der Waals surface area contributed by atoms with E-state index in [1.54, 1.807) is 12.1 Å². The number of rotatable bonds is 5. The highest BCUT2D eigenvalue weighted by Crippen LogP contribution is 2.36. The van der Waals surface area contributed by atoms with Gasteiger partial charge in [-0.25, -0.2) is 0 Å². The molecule has 1 amide bonds. The van der Waals surface area contributed by atoms with E-state index in [9.17, 15) is 4.79 Å². The summed E-state index contributed by atoms with van der Waals surface area (Å²) in [5.41, 5.74) is 2.73. The molecule has 0 aliphatic rings. The molecule has 7 heteroatoms. The highest BCUT2D eigenvalue weighted by atomic mass is 35.5. The first-order valence-electron chi connectivity index (χ1n) is 8.09. The number of aryl methyl sites for hydroxylation is 2. The van der Waals surface area contributed by atoms with Crippen LogP contribution < -0.4 is 10.1 Å². The normalized spacial score (nSPS) is 10.7. The maximum atomic E-state index is 12.4. The van der Waals surface area contributed by atoms with Gasteiger partial charge in [0.25, 0.3) is 5.91 Å². The summed E-state index contributed by atoms with van der Waals surface area (Å²) < 4.78 is 11.2. The third-order valence-corrected chi connectivity index (χ3v) is 4.71. The number of carbonyl (C=O) groups excluding carboxylic acids is 1. The molecule has 0 radical (unpaired) electrons. The molecule has 0 fully saturated rings. The maximum Gasteiger partial charge on any atom is 0.291 e. The van der Waals surface area contributed by atoms with Gasteiger partial charge >= 0.3 is 0 Å². The summed E-state index contributed by atoms with van der Waals surface area (Å²) in [5, 5.41) is 3.89. The van der Waals surface area contributed by atoms with E-state index in [2.05, 4.69) is 5.32 Å². The van der Waals surface area contributed by atoms with Crippen molar-refractivity contribution >= 4 is 46.4 Å². The van der Waals surface area contributed by atoms with Gasteiger partial charge in [0.15, 0.2) is 11.5 Å². The number of furan rings is 1. The molecule has 140 valence electrons. The summed E-state index contributed by atoms with van der Waals surface area (Å²) >= 11 is 18.1. The van der Waals surface area contributed by atoms with Crippen LogP contribution in [0.5, 0.6) is 5.75 Å². The molecule has 1 heterocycles. The summed E-state index contributed by atoms with van der Waals surface area (Å²) in [6.07, 6.45) is 0. The molecule has 0 spiro atoms. The summed E-state index contributed by atoms with van der Waals surface area (Å²) in [7, 11) is 0. The smallest absolute Gasteiger partial charge is 0.291 e. The lowest BCUT2D eigenvalue weighted by atomic mass is 10.1. The Bertz CT molecular complexity index is 955. The van der Waals surface area contributed by atoms with Gasteiger partial charge in [0.1, 0.15) is 12.4 Å². The van der Waals surface area contributed by atoms with E-state index in [1.807, 2.05) is 32.0 Å². The highest BCUT2D eigenvalue weighted by molar-refractivity contribution is 6.40. The van der Waals surface area contributed by atoms with Crippen molar-refractivity contribution in [2.45, 2.75) is 20.5 Å². The molecule has 0 bridgehead atoms. The van der Waals surface area contributed by atoms with Crippen molar-refractivity contribution in [3.8, 4) is 5.75 Å². The van der Waals surface area contributed by atoms with Gasteiger partial charge in [-0.3, -0.25) is 4.79 Å². The molecule has 0 atom stereocenters. The zero-order chi connectivity index (χ0) is 19.6. The Morgan fingerprint density at radius 2 is 1.67 bits per heavy atom. The lowest BCUT2D eigenvalue weighted by Gasteiger charge is -2.10. The van der Waals surface area contributed by atoms with Crippen LogP contribution in [0.1, 0.15) is 27.4 Å². The molecule has 0 saturated heterocycles. The van der Waals surface area contributed by atoms with Gasteiger partial charge in [-0.1, -0.05) is 53.0 Å². The average Bonchev–Trinajstić information content (AvgIpc) is 3.06. The molecule has 0 aliphatic heterocycles. The number of ether oxygens (including phenoxy) is 1. The number of para-hydroxylation sites is 1. The van der Waals surface area contributed by atoms with Crippen LogP contribution in [-0.4, -0.2) is 5.91 Å². The minimum atomic E-state index is -0.332. The van der Waals surface area contributed by atoms with Crippen LogP contribution in [0.2, 0.25) is 15.1 Å². The van der Waals surface area contributed by atoms with Crippen LogP contribution in [-0.2, 0) is 6.61 Å². The number of amides is 1. The Morgan fingerprint density at radius 1 is 1.04 bits per heavy atom. The zero-order valence-electron chi connectivity index (χ0n) is 14.6. The van der Waals surface area contributed by atoms with Crippen molar-refractivity contribution in [1.29, 1.82) is 0 Å². The van der Waals surface area contributed by atoms with Crippen molar-refractivity contribution in [2.75, 3.05) is 5.32 Å². The number of halogens is 3. The third kappa shape index (κ3) is 4.59. The Kier molecular flexibility index (Phi) is 6.00. The molecule has 1 N–H and O–H groups in total. The van der Waals surface area contributed by atoms with Gasteiger partial charge in [0, 0.05) is 10.7 Å². The second-order valence-electron chi connectivity index (χ2n) is 5.97. The average molecular weight is 425 g/mol. The Hall–Kier alpha value is -2.14. The molecule has 0 unspecified atom stereocenters. The fourth-order valence-electron chi connectivity index (χ4n) is 2.57. The van der Waals surface area contributed by atoms with Gasteiger partial charge < -0.3 is 14.5 Å². The van der Waals surface area contributed by atoms with E-state index in [4.69, 9.17) is 44.0 Å². The third-order valence-electron chi connectivity index (χ3n) is 3.93. The number of carbonyl (C=O) groups is 1. The Labute approximate surface area is 172 Å². The van der Waals surface area contributed by atoms with Gasteiger partial charge in [-0.15, -0.1) is 0 Å². The second-order valence-corrected chi connectivity index (χ2v) is 7.22. The monoisotopic (exact) mass is 423 g/mol. The predicted octanol–water partition coefficient (Wildman–Crippen LogP) is 6.69. The van der Waals surface area contributed by atoms with E-state index in [0.717, 1.165) is 16.8 Å². The van der Waals surface area contributed by atoms with Gasteiger partial charge in [0.2, 0.25) is 0 Å². The maximum absolute atomic E-state index is 12.4. The van der Waals surface area contributed by atoms with Crippen molar-refractivity contribution in [2.24, 2.45) is 0 Å². The minimum Gasteiger partial charge on any atom is -0.483 e. The van der Waals surface area contributed by atoms with Crippen LogP contribution in [0, 0.1) is 13.8 Å².